The van der Waals surface area contributed by atoms with E-state index in [1.165, 1.54) is 18.7 Å². The van der Waals surface area contributed by atoms with Gasteiger partial charge in [0.25, 0.3) is 0 Å². The summed E-state index contributed by atoms with van der Waals surface area (Å²) in [6.45, 7) is 2.69. The molecule has 0 aromatic heterocycles. The summed E-state index contributed by atoms with van der Waals surface area (Å²) in [4.78, 5) is 24.6. The normalized spacial score (nSPS) is 24.1. The summed E-state index contributed by atoms with van der Waals surface area (Å²) >= 11 is 0. The van der Waals surface area contributed by atoms with Crippen LogP contribution >= 0.6 is 0 Å². The fraction of sp³-hybridized carbons (Fsp3) is 0.833. The molecule has 0 aromatic carbocycles. The number of aliphatic hydroxyl groups is 1. The van der Waals surface area contributed by atoms with Gasteiger partial charge in [-0.05, 0) is 6.42 Å². The Morgan fingerprint density at radius 1 is 1.30 bits per heavy atom. The number of rotatable bonds is 6. The van der Waals surface area contributed by atoms with Crippen molar-refractivity contribution in [3.8, 4) is 0 Å². The zero-order valence-electron chi connectivity index (χ0n) is 11.7. The van der Waals surface area contributed by atoms with Gasteiger partial charge in [0, 0.05) is 18.5 Å². The smallest absolute Gasteiger partial charge is 0.307 e. The molecule has 0 bridgehead atoms. The summed E-state index contributed by atoms with van der Waals surface area (Å²) in [7, 11) is -3.15. The van der Waals surface area contributed by atoms with Crippen LogP contribution in [0.2, 0.25) is 0 Å². The van der Waals surface area contributed by atoms with Crippen LogP contribution in [0.1, 0.15) is 20.3 Å². The van der Waals surface area contributed by atoms with Crippen molar-refractivity contribution in [1.29, 1.82) is 0 Å². The first kappa shape index (κ1) is 16.9. The molecule has 0 aliphatic carbocycles. The number of hydrogen-bond acceptors (Lipinski definition) is 5. The van der Waals surface area contributed by atoms with Gasteiger partial charge < -0.3 is 15.1 Å². The predicted molar refractivity (Wildman–Crippen MR) is 71.8 cm³/mol. The SMILES string of the molecule is CC(C(=O)O)C(C)C(=O)N(CCO)C1CCS(=O)(=O)C1. The quantitative estimate of drug-likeness (QED) is 0.674. The van der Waals surface area contributed by atoms with Gasteiger partial charge >= 0.3 is 5.97 Å². The second-order valence-corrected chi connectivity index (χ2v) is 7.46. The van der Waals surface area contributed by atoms with E-state index in [1.807, 2.05) is 0 Å². The van der Waals surface area contributed by atoms with Crippen molar-refractivity contribution in [3.05, 3.63) is 0 Å². The molecule has 3 unspecified atom stereocenters. The number of carbonyl (C=O) groups excluding carboxylic acids is 1. The Balaban J connectivity index is 2.85. The van der Waals surface area contributed by atoms with E-state index >= 15 is 0 Å². The molecule has 7 nitrogen and oxygen atoms in total. The highest BCUT2D eigenvalue weighted by molar-refractivity contribution is 7.91. The molecule has 1 fully saturated rings. The number of carboxylic acids is 1. The van der Waals surface area contributed by atoms with Crippen LogP contribution in [-0.2, 0) is 19.4 Å². The van der Waals surface area contributed by atoms with Gasteiger partial charge in [0.15, 0.2) is 9.84 Å². The molecule has 0 spiro atoms. The molecule has 2 N–H and O–H groups in total. The van der Waals surface area contributed by atoms with Crippen molar-refractivity contribution in [2.45, 2.75) is 26.3 Å². The summed E-state index contributed by atoms with van der Waals surface area (Å²) in [5, 5.41) is 18.0. The van der Waals surface area contributed by atoms with Gasteiger partial charge in [-0.25, -0.2) is 8.42 Å². The number of aliphatic hydroxyl groups excluding tert-OH is 1. The zero-order valence-corrected chi connectivity index (χ0v) is 12.5. The van der Waals surface area contributed by atoms with Gasteiger partial charge in [0.1, 0.15) is 0 Å². The molecule has 0 radical (unpaired) electrons. The Kier molecular flexibility index (Phi) is 5.52. The lowest BCUT2D eigenvalue weighted by molar-refractivity contribution is -0.150. The predicted octanol–water partition coefficient (Wildman–Crippen LogP) is -0.649. The third kappa shape index (κ3) is 3.92. The molecule has 1 heterocycles. The molecule has 116 valence electrons. The zero-order chi connectivity index (χ0) is 15.5. The van der Waals surface area contributed by atoms with Gasteiger partial charge in [0.05, 0.1) is 24.0 Å². The highest BCUT2D eigenvalue weighted by Crippen LogP contribution is 2.22. The number of nitrogens with zero attached hydrogens (tertiary/aromatic N) is 1. The molecular formula is C12H21NO6S. The highest BCUT2D eigenvalue weighted by atomic mass is 32.2. The fourth-order valence-electron chi connectivity index (χ4n) is 2.29. The molecule has 1 amide bonds. The number of sulfone groups is 1. The molecule has 1 rings (SSSR count). The number of hydrogen-bond donors (Lipinski definition) is 2. The minimum Gasteiger partial charge on any atom is -0.481 e. The number of aliphatic carboxylic acids is 1. The summed E-state index contributed by atoms with van der Waals surface area (Å²) in [6, 6.07) is -0.469. The number of carbonyl (C=O) groups is 2. The number of amides is 1. The first-order valence-corrected chi connectivity index (χ1v) is 8.36. The summed E-state index contributed by atoms with van der Waals surface area (Å²) < 4.78 is 23.0. The number of carboxylic acid groups (broad SMARTS) is 1. The minimum atomic E-state index is -3.15. The Morgan fingerprint density at radius 3 is 2.30 bits per heavy atom. The Bertz CT molecular complexity index is 474. The highest BCUT2D eigenvalue weighted by Gasteiger charge is 2.37. The van der Waals surface area contributed by atoms with Crippen LogP contribution in [0.5, 0.6) is 0 Å². The molecular weight excluding hydrogens is 286 g/mol. The molecule has 1 aliphatic rings. The Morgan fingerprint density at radius 2 is 1.90 bits per heavy atom. The maximum atomic E-state index is 12.3. The average Bonchev–Trinajstić information content (AvgIpc) is 2.73. The van der Waals surface area contributed by atoms with E-state index in [9.17, 15) is 18.0 Å². The van der Waals surface area contributed by atoms with Gasteiger partial charge in [-0.15, -0.1) is 0 Å². The third-order valence-corrected chi connectivity index (χ3v) is 5.55. The second-order valence-electron chi connectivity index (χ2n) is 5.23. The van der Waals surface area contributed by atoms with E-state index in [1.54, 1.807) is 0 Å². The van der Waals surface area contributed by atoms with Gasteiger partial charge in [0.2, 0.25) is 5.91 Å². The van der Waals surface area contributed by atoms with Crippen molar-refractivity contribution in [1.82, 2.24) is 4.90 Å². The van der Waals surface area contributed by atoms with E-state index < -0.39 is 39.6 Å². The molecule has 3 atom stereocenters. The lowest BCUT2D eigenvalue weighted by atomic mass is 9.94. The van der Waals surface area contributed by atoms with Gasteiger partial charge in [-0.1, -0.05) is 13.8 Å². The van der Waals surface area contributed by atoms with Gasteiger partial charge in [-0.2, -0.15) is 0 Å². The maximum Gasteiger partial charge on any atom is 0.307 e. The van der Waals surface area contributed by atoms with Crippen LogP contribution in [0.3, 0.4) is 0 Å². The van der Waals surface area contributed by atoms with Crippen molar-refractivity contribution in [3.63, 3.8) is 0 Å². The van der Waals surface area contributed by atoms with Crippen molar-refractivity contribution in [2.75, 3.05) is 24.7 Å². The standard InChI is InChI=1S/C12H21NO6S/c1-8(9(2)12(16)17)11(15)13(4-5-14)10-3-6-20(18,19)7-10/h8-10,14H,3-7H2,1-2H3,(H,16,17). The Hall–Kier alpha value is -1.15. The van der Waals surface area contributed by atoms with Crippen LogP contribution in [0.25, 0.3) is 0 Å². The van der Waals surface area contributed by atoms with Crippen LogP contribution in [-0.4, -0.2) is 66.1 Å². The van der Waals surface area contributed by atoms with Crippen LogP contribution in [0.4, 0.5) is 0 Å². The first-order chi connectivity index (χ1) is 9.19. The van der Waals surface area contributed by atoms with Gasteiger partial charge in [-0.3, -0.25) is 9.59 Å². The molecule has 0 saturated carbocycles. The molecule has 1 saturated heterocycles. The third-order valence-electron chi connectivity index (χ3n) is 3.80. The van der Waals surface area contributed by atoms with E-state index in [2.05, 4.69) is 0 Å². The van der Waals surface area contributed by atoms with Crippen molar-refractivity contribution >= 4 is 21.7 Å². The van der Waals surface area contributed by atoms with Crippen molar-refractivity contribution < 1.29 is 28.2 Å². The summed E-state index contributed by atoms with van der Waals surface area (Å²) in [5.74, 6) is -3.21. The van der Waals surface area contributed by atoms with E-state index in [4.69, 9.17) is 10.2 Å². The maximum absolute atomic E-state index is 12.3. The van der Waals surface area contributed by atoms with E-state index in [-0.39, 0.29) is 24.7 Å². The lowest BCUT2D eigenvalue weighted by Crippen LogP contribution is -2.47. The average molecular weight is 307 g/mol. The Labute approximate surface area is 118 Å². The molecule has 20 heavy (non-hydrogen) atoms. The van der Waals surface area contributed by atoms with Crippen LogP contribution in [0, 0.1) is 11.8 Å². The van der Waals surface area contributed by atoms with E-state index in [0.717, 1.165) is 0 Å². The largest absolute Gasteiger partial charge is 0.481 e. The molecule has 8 heteroatoms. The van der Waals surface area contributed by atoms with Crippen molar-refractivity contribution in [2.24, 2.45) is 11.8 Å². The first-order valence-electron chi connectivity index (χ1n) is 6.54. The topological polar surface area (TPSA) is 112 Å². The summed E-state index contributed by atoms with van der Waals surface area (Å²) in [5.41, 5.74) is 0. The lowest BCUT2D eigenvalue weighted by Gasteiger charge is -2.31. The van der Waals surface area contributed by atoms with Crippen LogP contribution in [0.15, 0.2) is 0 Å². The van der Waals surface area contributed by atoms with Crippen LogP contribution < -0.4 is 0 Å². The fourth-order valence-corrected chi connectivity index (χ4v) is 4.02. The monoisotopic (exact) mass is 307 g/mol. The van der Waals surface area contributed by atoms with E-state index in [0.29, 0.717) is 6.42 Å². The second kappa shape index (κ2) is 6.53. The molecule has 0 aromatic rings. The minimum absolute atomic E-state index is 0.0235. The molecule has 1 aliphatic heterocycles. The summed E-state index contributed by atoms with van der Waals surface area (Å²) in [6.07, 6.45) is 0.336.